The topological polar surface area (TPSA) is 116 Å². The minimum atomic E-state index is -1.14. The lowest BCUT2D eigenvalue weighted by molar-refractivity contribution is -0.134. The van der Waals surface area contributed by atoms with Crippen molar-refractivity contribution >= 4 is 24.1 Å². The summed E-state index contributed by atoms with van der Waals surface area (Å²) in [4.78, 5) is 47.1. The zero-order chi connectivity index (χ0) is 19.8. The van der Waals surface area contributed by atoms with Gasteiger partial charge in [0.15, 0.2) is 0 Å². The van der Waals surface area contributed by atoms with E-state index < -0.39 is 28.9 Å². The molecule has 0 rings (SSSR count). The van der Waals surface area contributed by atoms with Gasteiger partial charge in [0.25, 0.3) is 0 Å². The molecule has 0 heterocycles. The van der Waals surface area contributed by atoms with E-state index in [4.69, 9.17) is 0 Å². The molecule has 8 nitrogen and oxygen atoms in total. The second kappa shape index (κ2) is 9.39. The molecular weight excluding hydrogens is 324 g/mol. The Labute approximate surface area is 149 Å². The van der Waals surface area contributed by atoms with Gasteiger partial charge in [-0.15, -0.1) is 0 Å². The summed E-state index contributed by atoms with van der Waals surface area (Å²) in [6, 6.07) is -0.789. The highest BCUT2D eigenvalue weighted by Gasteiger charge is 2.31. The van der Waals surface area contributed by atoms with Crippen LogP contribution in [-0.4, -0.2) is 47.8 Å². The van der Waals surface area contributed by atoms with Gasteiger partial charge in [-0.25, -0.2) is 0 Å². The summed E-state index contributed by atoms with van der Waals surface area (Å²) >= 11 is 0. The molecule has 0 aromatic heterocycles. The average molecular weight is 356 g/mol. The number of hydrogen-bond donors (Lipinski definition) is 4. The number of nitrogens with one attached hydrogen (secondary N) is 4. The number of hydrogen-bond acceptors (Lipinski definition) is 4. The molecule has 0 fully saturated rings. The highest BCUT2D eigenvalue weighted by atomic mass is 16.2. The standard InChI is InChI=1S/C17H32N4O4/c1-11(2)8-12(20-15(25)17(6,7)19-10-22)14(24)18-9-13(23)21-16(3,4)5/h10-12H,8-9H2,1-7H3,(H,18,24)(H,19,22)(H,20,25)(H,21,23). The van der Waals surface area contributed by atoms with E-state index in [9.17, 15) is 19.2 Å². The summed E-state index contributed by atoms with van der Waals surface area (Å²) in [6.07, 6.45) is 0.851. The first kappa shape index (κ1) is 22.9. The molecule has 1 atom stereocenters. The van der Waals surface area contributed by atoms with Crippen molar-refractivity contribution in [1.29, 1.82) is 0 Å². The molecule has 0 aliphatic carbocycles. The van der Waals surface area contributed by atoms with Crippen molar-refractivity contribution in [2.45, 2.75) is 72.0 Å². The van der Waals surface area contributed by atoms with Crippen LogP contribution in [0.1, 0.15) is 54.9 Å². The zero-order valence-corrected chi connectivity index (χ0v) is 16.3. The van der Waals surface area contributed by atoms with Crippen molar-refractivity contribution < 1.29 is 19.2 Å². The minimum absolute atomic E-state index is 0.154. The molecule has 0 bridgehead atoms. The molecule has 0 aliphatic rings. The largest absolute Gasteiger partial charge is 0.350 e. The summed E-state index contributed by atoms with van der Waals surface area (Å²) in [6.45, 7) is 12.3. The molecule has 0 spiro atoms. The lowest BCUT2D eigenvalue weighted by atomic mass is 10.00. The van der Waals surface area contributed by atoms with Crippen molar-refractivity contribution in [2.24, 2.45) is 5.92 Å². The number of amides is 4. The lowest BCUT2D eigenvalue weighted by Crippen LogP contribution is -2.58. The molecule has 8 heteroatoms. The van der Waals surface area contributed by atoms with Gasteiger partial charge < -0.3 is 21.3 Å². The minimum Gasteiger partial charge on any atom is -0.350 e. The third-order valence-corrected chi connectivity index (χ3v) is 3.25. The van der Waals surface area contributed by atoms with E-state index in [-0.39, 0.29) is 18.4 Å². The maximum absolute atomic E-state index is 12.4. The normalized spacial score (nSPS) is 13.0. The van der Waals surface area contributed by atoms with Crippen LogP contribution in [0.4, 0.5) is 0 Å². The average Bonchev–Trinajstić information content (AvgIpc) is 2.41. The molecule has 4 N–H and O–H groups in total. The fourth-order valence-corrected chi connectivity index (χ4v) is 2.01. The Kier molecular flexibility index (Phi) is 8.59. The van der Waals surface area contributed by atoms with Crippen LogP contribution in [0, 0.1) is 5.92 Å². The highest BCUT2D eigenvalue weighted by molar-refractivity contribution is 5.93. The number of carbonyl (C=O) groups excluding carboxylic acids is 4. The van der Waals surface area contributed by atoms with Gasteiger partial charge in [0.1, 0.15) is 11.6 Å². The summed E-state index contributed by atoms with van der Waals surface area (Å²) in [5.74, 6) is -1.06. The van der Waals surface area contributed by atoms with Crippen molar-refractivity contribution in [3.63, 3.8) is 0 Å². The van der Waals surface area contributed by atoms with E-state index in [1.54, 1.807) is 0 Å². The zero-order valence-electron chi connectivity index (χ0n) is 16.3. The van der Waals surface area contributed by atoms with Crippen LogP contribution < -0.4 is 21.3 Å². The summed E-state index contributed by atoms with van der Waals surface area (Å²) in [5.41, 5.74) is -1.53. The van der Waals surface area contributed by atoms with Gasteiger partial charge >= 0.3 is 0 Å². The van der Waals surface area contributed by atoms with Crippen LogP contribution in [0.5, 0.6) is 0 Å². The SMILES string of the molecule is CC(C)CC(NC(=O)C(C)(C)NC=O)C(=O)NCC(=O)NC(C)(C)C. The maximum atomic E-state index is 12.4. The molecule has 0 radical (unpaired) electrons. The predicted molar refractivity (Wildman–Crippen MR) is 95.6 cm³/mol. The molecule has 0 saturated heterocycles. The van der Waals surface area contributed by atoms with Gasteiger partial charge in [0.2, 0.25) is 24.1 Å². The van der Waals surface area contributed by atoms with Crippen molar-refractivity contribution in [3.8, 4) is 0 Å². The first-order valence-corrected chi connectivity index (χ1v) is 8.39. The van der Waals surface area contributed by atoms with Gasteiger partial charge in [-0.05, 0) is 47.0 Å². The van der Waals surface area contributed by atoms with Crippen LogP contribution in [0.25, 0.3) is 0 Å². The van der Waals surface area contributed by atoms with Crippen LogP contribution in [0.2, 0.25) is 0 Å². The lowest BCUT2D eigenvalue weighted by Gasteiger charge is -2.27. The van der Waals surface area contributed by atoms with Gasteiger partial charge in [-0.1, -0.05) is 13.8 Å². The first-order chi connectivity index (χ1) is 11.3. The second-order valence-corrected chi connectivity index (χ2v) is 8.06. The number of carbonyl (C=O) groups is 4. The van der Waals surface area contributed by atoms with Gasteiger partial charge in [0.05, 0.1) is 6.54 Å². The van der Waals surface area contributed by atoms with Gasteiger partial charge in [-0.3, -0.25) is 19.2 Å². The molecule has 144 valence electrons. The Morgan fingerprint density at radius 2 is 1.60 bits per heavy atom. The van der Waals surface area contributed by atoms with E-state index in [0.29, 0.717) is 12.8 Å². The van der Waals surface area contributed by atoms with Crippen LogP contribution in [-0.2, 0) is 19.2 Å². The molecule has 0 aromatic rings. The number of rotatable bonds is 9. The summed E-state index contributed by atoms with van der Waals surface area (Å²) < 4.78 is 0. The smallest absolute Gasteiger partial charge is 0.245 e. The summed E-state index contributed by atoms with van der Waals surface area (Å²) in [7, 11) is 0. The van der Waals surface area contributed by atoms with E-state index in [0.717, 1.165) is 0 Å². The molecule has 4 amide bonds. The van der Waals surface area contributed by atoms with E-state index >= 15 is 0 Å². The molecule has 0 saturated carbocycles. The van der Waals surface area contributed by atoms with E-state index in [1.165, 1.54) is 13.8 Å². The molecule has 0 aromatic carbocycles. The molecular formula is C17H32N4O4. The van der Waals surface area contributed by atoms with E-state index in [1.807, 2.05) is 34.6 Å². The Bertz CT molecular complexity index is 495. The van der Waals surface area contributed by atoms with Crippen molar-refractivity contribution in [1.82, 2.24) is 21.3 Å². The second-order valence-electron chi connectivity index (χ2n) is 8.06. The van der Waals surface area contributed by atoms with Crippen LogP contribution in [0.15, 0.2) is 0 Å². The third-order valence-electron chi connectivity index (χ3n) is 3.25. The summed E-state index contributed by atoms with van der Waals surface area (Å²) in [5, 5.41) is 10.3. The fraction of sp³-hybridized carbons (Fsp3) is 0.765. The Hall–Kier alpha value is -2.12. The van der Waals surface area contributed by atoms with Gasteiger partial charge in [0, 0.05) is 5.54 Å². The molecule has 1 unspecified atom stereocenters. The fourth-order valence-electron chi connectivity index (χ4n) is 2.01. The Morgan fingerprint density at radius 3 is 2.04 bits per heavy atom. The third kappa shape index (κ3) is 9.69. The first-order valence-electron chi connectivity index (χ1n) is 8.39. The van der Waals surface area contributed by atoms with Crippen LogP contribution >= 0.6 is 0 Å². The Morgan fingerprint density at radius 1 is 1.04 bits per heavy atom. The predicted octanol–water partition coefficient (Wildman–Crippen LogP) is 0.0728. The van der Waals surface area contributed by atoms with E-state index in [2.05, 4.69) is 21.3 Å². The molecule has 25 heavy (non-hydrogen) atoms. The quantitative estimate of drug-likeness (QED) is 0.438. The van der Waals surface area contributed by atoms with Crippen molar-refractivity contribution in [2.75, 3.05) is 6.54 Å². The highest BCUT2D eigenvalue weighted by Crippen LogP contribution is 2.08. The van der Waals surface area contributed by atoms with Crippen molar-refractivity contribution in [3.05, 3.63) is 0 Å². The van der Waals surface area contributed by atoms with Gasteiger partial charge in [-0.2, -0.15) is 0 Å². The monoisotopic (exact) mass is 356 g/mol. The maximum Gasteiger partial charge on any atom is 0.245 e. The van der Waals surface area contributed by atoms with Crippen LogP contribution in [0.3, 0.4) is 0 Å². The Balaban J connectivity index is 4.85. The molecule has 0 aliphatic heterocycles.